The summed E-state index contributed by atoms with van der Waals surface area (Å²) in [6.45, 7) is 3.46. The van der Waals surface area contributed by atoms with Gasteiger partial charge in [-0.15, -0.1) is 0 Å². The molecule has 1 unspecified atom stereocenters. The third-order valence-corrected chi connectivity index (χ3v) is 16.4. The molecule has 0 radical (unpaired) electrons. The average Bonchev–Trinajstić information content (AvgIpc) is 3.94. The molecule has 11 amide bonds. The molecule has 438 valence electrons. The highest BCUT2D eigenvalue weighted by Crippen LogP contribution is 2.26. The summed E-state index contributed by atoms with van der Waals surface area (Å²) in [5.74, 6) is -10.9. The maximum Gasteiger partial charge on any atom is 0.246 e. The van der Waals surface area contributed by atoms with Crippen LogP contribution in [-0.2, 0) is 65.6 Å². The monoisotopic (exact) mass is 1270 g/mol. The number of amides is 11. The van der Waals surface area contributed by atoms with Gasteiger partial charge >= 0.3 is 0 Å². The number of hydrogen-bond acceptors (Lipinski definition) is 16. The fourth-order valence-electron chi connectivity index (χ4n) is 8.51. The number of carbonyl (C=O) groups excluding carboxylic acids is 11. The third-order valence-electron chi connectivity index (χ3n) is 13.1. The summed E-state index contributed by atoms with van der Waals surface area (Å²) < 4.78 is 0.482. The van der Waals surface area contributed by atoms with Gasteiger partial charge in [0.15, 0.2) is 5.96 Å². The SMILES string of the molecule is CC[C@H](C)[C@@H]1NC(=O)[C@H](Cc2ccccc2)NC(=O)[C@@H](N)CSSC[C@@H](C(=O)N2CCC[C@H]2C(=O)N[C@@H](CCCN=C(N)N)C(=O)N[C@@H](Cc2ccc(O)c(I)c2)C(N)=O)NC(=O)[C@H](CC(N)=O)NC(=O)C(CCC(N)=O)NC1=O. The van der Waals surface area contributed by atoms with Crippen LogP contribution in [0, 0.1) is 9.49 Å². The van der Waals surface area contributed by atoms with Crippen LogP contribution in [0.1, 0.15) is 76.3 Å². The lowest BCUT2D eigenvalue weighted by atomic mass is 9.96. The second kappa shape index (κ2) is 32.4. The van der Waals surface area contributed by atoms with Gasteiger partial charge in [-0.25, -0.2) is 0 Å². The van der Waals surface area contributed by atoms with Crippen LogP contribution in [0.3, 0.4) is 0 Å². The molecule has 2 aliphatic heterocycles. The molecule has 2 aromatic carbocycles. The van der Waals surface area contributed by atoms with E-state index in [1.807, 2.05) is 22.6 Å². The van der Waals surface area contributed by atoms with Gasteiger partial charge in [-0.05, 0) is 83.9 Å². The van der Waals surface area contributed by atoms with Crippen molar-refractivity contribution >= 4 is 115 Å². The number of halogens is 1. The molecular formula is C50H72IN15O12S2. The third kappa shape index (κ3) is 20.9. The standard InChI is InChI=1S/C50H72IN15O12S2/c1-3-25(2)40-48(77)60-31(14-16-38(53)68)44(73)63-34(22-39(54)69)45(74)64-35(24-80-79-23-29(52)42(71)62-33(46(75)65-40)20-26-9-5-4-6-10-26)49(78)66-18-8-12-36(66)47(76)59-30(11-7-17-58-50(56)57)43(72)61-32(41(55)70)21-27-13-15-37(67)28(51)19-27/h4-6,9-10,13,15,19,25,29-36,40,67H,3,7-8,11-12,14,16-18,20-24,52H2,1-2H3,(H2,53,68)(H2,54,69)(H2,55,70)(H,59,76)(H,60,77)(H,61,72)(H,62,71)(H,63,73)(H,64,74)(H,65,75)(H4,56,57,58)/t25-,29-,30-,31?,32-,33-,34-,35-,36-,40-/m0/s1. The molecule has 2 saturated heterocycles. The van der Waals surface area contributed by atoms with Gasteiger partial charge in [-0.1, -0.05) is 78.3 Å². The lowest BCUT2D eigenvalue weighted by molar-refractivity contribution is -0.142. The number of nitrogens with one attached hydrogen (secondary N) is 7. The van der Waals surface area contributed by atoms with E-state index in [2.05, 4.69) is 42.2 Å². The van der Waals surface area contributed by atoms with Crippen molar-refractivity contribution in [3.8, 4) is 5.75 Å². The van der Waals surface area contributed by atoms with Crippen LogP contribution in [-0.4, -0.2) is 160 Å². The smallest absolute Gasteiger partial charge is 0.246 e. The van der Waals surface area contributed by atoms with Crippen molar-refractivity contribution in [2.24, 2.45) is 45.3 Å². The van der Waals surface area contributed by atoms with Crippen molar-refractivity contribution in [2.75, 3.05) is 24.6 Å². The highest BCUT2D eigenvalue weighted by molar-refractivity contribution is 14.1. The molecule has 27 nitrogen and oxygen atoms in total. The van der Waals surface area contributed by atoms with E-state index >= 15 is 0 Å². The Morgan fingerprint density at radius 3 is 2.08 bits per heavy atom. The van der Waals surface area contributed by atoms with Crippen molar-refractivity contribution in [3.05, 3.63) is 63.2 Å². The van der Waals surface area contributed by atoms with Crippen LogP contribution in [0.15, 0.2) is 53.5 Å². The normalized spacial score (nSPS) is 22.8. The summed E-state index contributed by atoms with van der Waals surface area (Å²) in [6.07, 6.45) is -0.908. The van der Waals surface area contributed by atoms with E-state index in [4.69, 9.17) is 34.4 Å². The number of rotatable bonds is 21. The Labute approximate surface area is 483 Å². The van der Waals surface area contributed by atoms with Crippen LogP contribution < -0.4 is 71.6 Å². The number of nitrogens with two attached hydrogens (primary N) is 6. The molecule has 2 aromatic rings. The van der Waals surface area contributed by atoms with Gasteiger partial charge < -0.3 is 81.6 Å². The van der Waals surface area contributed by atoms with E-state index in [1.54, 1.807) is 56.3 Å². The number of guanidine groups is 1. The number of hydrogen-bond donors (Lipinski definition) is 14. The van der Waals surface area contributed by atoms with Crippen LogP contribution in [0.25, 0.3) is 0 Å². The molecule has 0 bridgehead atoms. The largest absolute Gasteiger partial charge is 0.507 e. The number of nitrogens with zero attached hydrogens (tertiary/aromatic N) is 2. The highest BCUT2D eigenvalue weighted by atomic mass is 127. The fraction of sp³-hybridized carbons (Fsp3) is 0.520. The van der Waals surface area contributed by atoms with Crippen molar-refractivity contribution in [3.63, 3.8) is 0 Å². The molecule has 2 heterocycles. The summed E-state index contributed by atoms with van der Waals surface area (Å²) in [5, 5.41) is 28.2. The van der Waals surface area contributed by atoms with E-state index in [0.717, 1.165) is 21.6 Å². The first-order valence-electron chi connectivity index (χ1n) is 25.7. The highest BCUT2D eigenvalue weighted by Gasteiger charge is 2.41. The minimum absolute atomic E-state index is 0.00408. The van der Waals surface area contributed by atoms with Gasteiger partial charge in [0.2, 0.25) is 65.0 Å². The van der Waals surface area contributed by atoms with Crippen molar-refractivity contribution in [1.29, 1.82) is 0 Å². The van der Waals surface area contributed by atoms with E-state index < -0.39 is 145 Å². The summed E-state index contributed by atoms with van der Waals surface area (Å²) >= 11 is 1.90. The maximum absolute atomic E-state index is 14.8. The lowest BCUT2D eigenvalue weighted by Gasteiger charge is -2.31. The zero-order valence-electron chi connectivity index (χ0n) is 44.3. The average molecular weight is 1270 g/mol. The molecule has 0 aromatic heterocycles. The molecule has 30 heteroatoms. The summed E-state index contributed by atoms with van der Waals surface area (Å²) in [5.41, 5.74) is 35.3. The first-order chi connectivity index (χ1) is 37.9. The molecule has 0 spiro atoms. The van der Waals surface area contributed by atoms with Gasteiger partial charge in [-0.2, -0.15) is 0 Å². The topological polar surface area (TPSA) is 464 Å². The lowest BCUT2D eigenvalue weighted by Crippen LogP contribution is -2.61. The Kier molecular flexibility index (Phi) is 26.5. The first-order valence-corrected chi connectivity index (χ1v) is 29.3. The van der Waals surface area contributed by atoms with Gasteiger partial charge in [0.05, 0.1) is 16.0 Å². The Bertz CT molecular complexity index is 2600. The molecule has 0 saturated carbocycles. The number of likely N-dealkylation sites (tertiary alicyclic amines) is 1. The quantitative estimate of drug-likeness (QED) is 0.0191. The van der Waals surface area contributed by atoms with E-state index in [1.165, 1.54) is 11.0 Å². The Hall–Kier alpha value is -6.93. The molecule has 4 rings (SSSR count). The first kappa shape index (κ1) is 65.6. The minimum atomic E-state index is -1.79. The van der Waals surface area contributed by atoms with Crippen LogP contribution in [0.2, 0.25) is 0 Å². The van der Waals surface area contributed by atoms with Gasteiger partial charge in [0, 0.05) is 43.9 Å². The number of benzene rings is 2. The number of phenolic OH excluding ortho intramolecular Hbond substituents is 1. The Morgan fingerprint density at radius 2 is 1.44 bits per heavy atom. The van der Waals surface area contributed by atoms with E-state index in [0.29, 0.717) is 21.1 Å². The summed E-state index contributed by atoms with van der Waals surface area (Å²) in [4.78, 5) is 156. The number of aromatic hydroxyl groups is 1. The molecule has 2 aliphatic rings. The minimum Gasteiger partial charge on any atom is -0.507 e. The zero-order valence-corrected chi connectivity index (χ0v) is 48.1. The van der Waals surface area contributed by atoms with Crippen molar-refractivity contribution < 1.29 is 57.8 Å². The molecule has 0 aliphatic carbocycles. The van der Waals surface area contributed by atoms with Crippen LogP contribution in [0.5, 0.6) is 5.75 Å². The van der Waals surface area contributed by atoms with Gasteiger partial charge in [-0.3, -0.25) is 57.7 Å². The number of primary amides is 3. The van der Waals surface area contributed by atoms with Crippen molar-refractivity contribution in [2.45, 2.75) is 132 Å². The molecule has 10 atom stereocenters. The second-order valence-electron chi connectivity index (χ2n) is 19.3. The Balaban J connectivity index is 1.68. The predicted molar refractivity (Wildman–Crippen MR) is 307 cm³/mol. The van der Waals surface area contributed by atoms with Crippen LogP contribution in [0.4, 0.5) is 0 Å². The molecule has 20 N–H and O–H groups in total. The second-order valence-corrected chi connectivity index (χ2v) is 23.0. The van der Waals surface area contributed by atoms with E-state index in [-0.39, 0.29) is 74.8 Å². The Morgan fingerprint density at radius 1 is 0.787 bits per heavy atom. The predicted octanol–water partition coefficient (Wildman–Crippen LogP) is -3.39. The summed E-state index contributed by atoms with van der Waals surface area (Å²) in [7, 11) is 2.03. The molecule has 80 heavy (non-hydrogen) atoms. The number of phenols is 1. The number of carbonyl (C=O) groups is 11. The van der Waals surface area contributed by atoms with Gasteiger partial charge in [0.25, 0.3) is 0 Å². The zero-order chi connectivity index (χ0) is 59.2. The number of aliphatic imine (C=N–C) groups is 1. The summed E-state index contributed by atoms with van der Waals surface area (Å²) in [6, 6.07) is 0.770. The maximum atomic E-state index is 14.8. The van der Waals surface area contributed by atoms with Crippen molar-refractivity contribution in [1.82, 2.24) is 42.1 Å². The van der Waals surface area contributed by atoms with Gasteiger partial charge in [0.1, 0.15) is 54.1 Å². The molecular weight excluding hydrogens is 1190 g/mol. The fourth-order valence-corrected chi connectivity index (χ4v) is 11.4. The molecule has 2 fully saturated rings. The van der Waals surface area contributed by atoms with Crippen LogP contribution >= 0.6 is 44.2 Å². The van der Waals surface area contributed by atoms with E-state index in [9.17, 15) is 57.8 Å².